The van der Waals surface area contributed by atoms with Crippen LogP contribution in [0.4, 0.5) is 11.5 Å². The standard InChI is InChI=1S/C28H34N8O/c1-19-11-22-12-26(33-15-23(22)14-32-19)35-9-7-34(8-10-35)17-24-18-36(16-20(2)37-24)25-4-3-21(13-29)27-28(25)31-6-5-30-27/h3-6,12,15,19-20,24,32H,7-11,14,16-18H2,1-2H3/t19-,20+,24-/m0/s1. The van der Waals surface area contributed by atoms with Gasteiger partial charge in [-0.2, -0.15) is 5.26 Å². The molecule has 3 aliphatic heterocycles. The molecule has 0 aliphatic carbocycles. The molecule has 0 spiro atoms. The highest BCUT2D eigenvalue weighted by atomic mass is 16.5. The van der Waals surface area contributed by atoms with Crippen LogP contribution < -0.4 is 15.1 Å². The molecule has 3 aliphatic rings. The lowest BCUT2D eigenvalue weighted by Crippen LogP contribution is -2.54. The third kappa shape index (κ3) is 4.97. The molecule has 1 aromatic carbocycles. The number of nitrogens with one attached hydrogen (secondary N) is 1. The van der Waals surface area contributed by atoms with Crippen molar-refractivity contribution in [1.29, 1.82) is 5.26 Å². The SMILES string of the molecule is C[C@@H]1CN(c2ccc(C#N)c3nccnc23)C[C@H](CN2CCN(c3cc4c(cn3)CN[C@@H](C)C4)CC2)O1. The van der Waals surface area contributed by atoms with Crippen LogP contribution in [-0.2, 0) is 17.7 Å². The van der Waals surface area contributed by atoms with Crippen LogP contribution in [-0.4, -0.2) is 83.9 Å². The summed E-state index contributed by atoms with van der Waals surface area (Å²) < 4.78 is 6.38. The van der Waals surface area contributed by atoms with Crippen LogP contribution in [0.1, 0.15) is 30.5 Å². The molecule has 9 heteroatoms. The number of piperazine rings is 1. The maximum atomic E-state index is 9.49. The smallest absolute Gasteiger partial charge is 0.128 e. The van der Waals surface area contributed by atoms with Crippen LogP contribution in [0.5, 0.6) is 0 Å². The Balaban J connectivity index is 1.10. The molecular weight excluding hydrogens is 464 g/mol. The Hall–Kier alpha value is -3.32. The van der Waals surface area contributed by atoms with E-state index in [1.807, 2.05) is 12.1 Å². The Bertz CT molecular complexity index is 1320. The van der Waals surface area contributed by atoms with E-state index in [1.165, 1.54) is 11.1 Å². The molecule has 0 bridgehead atoms. The summed E-state index contributed by atoms with van der Waals surface area (Å²) in [5, 5.41) is 13.0. The molecule has 2 saturated heterocycles. The number of rotatable bonds is 4. The first-order chi connectivity index (χ1) is 18.1. The Kier molecular flexibility index (Phi) is 6.63. The average Bonchev–Trinajstić information content (AvgIpc) is 2.92. The second-order valence-corrected chi connectivity index (χ2v) is 10.6. The van der Waals surface area contributed by atoms with Gasteiger partial charge in [0.25, 0.3) is 0 Å². The number of fused-ring (bicyclic) bond motifs is 2. The van der Waals surface area contributed by atoms with Gasteiger partial charge in [0, 0.05) is 77.0 Å². The molecule has 0 amide bonds. The molecule has 192 valence electrons. The van der Waals surface area contributed by atoms with Gasteiger partial charge in [0.1, 0.15) is 22.9 Å². The predicted molar refractivity (Wildman–Crippen MR) is 144 cm³/mol. The van der Waals surface area contributed by atoms with Crippen LogP contribution in [0.15, 0.2) is 36.8 Å². The minimum absolute atomic E-state index is 0.105. The van der Waals surface area contributed by atoms with Crippen molar-refractivity contribution in [2.45, 2.75) is 45.1 Å². The van der Waals surface area contributed by atoms with Crippen molar-refractivity contribution >= 4 is 22.5 Å². The topological polar surface area (TPSA) is 93.4 Å². The number of nitrogens with zero attached hydrogens (tertiary/aromatic N) is 7. The van der Waals surface area contributed by atoms with E-state index < -0.39 is 0 Å². The van der Waals surface area contributed by atoms with E-state index >= 15 is 0 Å². The number of aromatic nitrogens is 3. The first-order valence-corrected chi connectivity index (χ1v) is 13.3. The molecule has 2 fully saturated rings. The largest absolute Gasteiger partial charge is 0.370 e. The molecule has 37 heavy (non-hydrogen) atoms. The number of anilines is 2. The molecule has 0 unspecified atom stereocenters. The van der Waals surface area contributed by atoms with E-state index in [2.05, 4.69) is 62.2 Å². The fourth-order valence-corrected chi connectivity index (χ4v) is 5.90. The summed E-state index contributed by atoms with van der Waals surface area (Å²) in [5.41, 5.74) is 5.79. The fraction of sp³-hybridized carbons (Fsp3) is 0.500. The molecule has 0 saturated carbocycles. The number of hydrogen-bond acceptors (Lipinski definition) is 9. The Labute approximate surface area is 218 Å². The number of hydrogen-bond donors (Lipinski definition) is 1. The van der Waals surface area contributed by atoms with Gasteiger partial charge in [0.15, 0.2) is 0 Å². The van der Waals surface area contributed by atoms with Crippen molar-refractivity contribution < 1.29 is 4.74 Å². The predicted octanol–water partition coefficient (Wildman–Crippen LogP) is 2.35. The van der Waals surface area contributed by atoms with Gasteiger partial charge in [-0.15, -0.1) is 0 Å². The Morgan fingerprint density at radius 2 is 1.81 bits per heavy atom. The Morgan fingerprint density at radius 3 is 2.62 bits per heavy atom. The van der Waals surface area contributed by atoms with Crippen LogP contribution in [0.2, 0.25) is 0 Å². The molecule has 2 aromatic heterocycles. The molecule has 3 atom stereocenters. The number of nitriles is 1. The summed E-state index contributed by atoms with van der Waals surface area (Å²) in [7, 11) is 0. The molecule has 3 aromatic rings. The summed E-state index contributed by atoms with van der Waals surface area (Å²) >= 11 is 0. The van der Waals surface area contributed by atoms with Gasteiger partial charge < -0.3 is 19.9 Å². The third-order valence-corrected chi connectivity index (χ3v) is 7.78. The van der Waals surface area contributed by atoms with E-state index in [9.17, 15) is 5.26 Å². The van der Waals surface area contributed by atoms with Crippen molar-refractivity contribution in [3.05, 3.63) is 53.5 Å². The second-order valence-electron chi connectivity index (χ2n) is 10.6. The lowest BCUT2D eigenvalue weighted by molar-refractivity contribution is -0.0327. The number of morpholine rings is 1. The minimum Gasteiger partial charge on any atom is -0.370 e. The van der Waals surface area contributed by atoms with Gasteiger partial charge in [0.05, 0.1) is 23.5 Å². The first-order valence-electron chi connectivity index (χ1n) is 13.3. The maximum Gasteiger partial charge on any atom is 0.128 e. The fourth-order valence-electron chi connectivity index (χ4n) is 5.90. The number of benzene rings is 1. The highest BCUT2D eigenvalue weighted by molar-refractivity contribution is 5.92. The van der Waals surface area contributed by atoms with Crippen LogP contribution in [0.3, 0.4) is 0 Å². The zero-order valence-corrected chi connectivity index (χ0v) is 21.6. The molecule has 9 nitrogen and oxygen atoms in total. The summed E-state index contributed by atoms with van der Waals surface area (Å²) in [5.74, 6) is 1.11. The average molecular weight is 499 g/mol. The molecular formula is C28H34N8O. The van der Waals surface area contributed by atoms with Gasteiger partial charge in [-0.05, 0) is 49.6 Å². The lowest BCUT2D eigenvalue weighted by atomic mass is 9.98. The molecule has 5 heterocycles. The van der Waals surface area contributed by atoms with Crippen molar-refractivity contribution in [3.63, 3.8) is 0 Å². The molecule has 0 radical (unpaired) electrons. The van der Waals surface area contributed by atoms with Crippen molar-refractivity contribution in [3.8, 4) is 6.07 Å². The monoisotopic (exact) mass is 498 g/mol. The molecule has 1 N–H and O–H groups in total. The molecule has 6 rings (SSSR count). The summed E-state index contributed by atoms with van der Waals surface area (Å²) in [4.78, 5) is 21.1. The van der Waals surface area contributed by atoms with Gasteiger partial charge in [-0.3, -0.25) is 14.9 Å². The highest BCUT2D eigenvalue weighted by Gasteiger charge is 2.30. The lowest BCUT2D eigenvalue weighted by Gasteiger charge is -2.42. The van der Waals surface area contributed by atoms with Gasteiger partial charge >= 0.3 is 0 Å². The van der Waals surface area contributed by atoms with Crippen molar-refractivity contribution in [2.75, 3.05) is 55.6 Å². The summed E-state index contributed by atoms with van der Waals surface area (Å²) in [6, 6.07) is 8.92. The van der Waals surface area contributed by atoms with Gasteiger partial charge in [-0.25, -0.2) is 4.98 Å². The van der Waals surface area contributed by atoms with Crippen LogP contribution >= 0.6 is 0 Å². The minimum atomic E-state index is 0.105. The maximum absolute atomic E-state index is 9.49. The number of ether oxygens (including phenoxy) is 1. The van der Waals surface area contributed by atoms with E-state index in [4.69, 9.17) is 9.72 Å². The van der Waals surface area contributed by atoms with Crippen molar-refractivity contribution in [2.24, 2.45) is 0 Å². The highest BCUT2D eigenvalue weighted by Crippen LogP contribution is 2.29. The normalized spacial score (nSPS) is 24.6. The van der Waals surface area contributed by atoms with Crippen LogP contribution in [0, 0.1) is 11.3 Å². The zero-order chi connectivity index (χ0) is 25.4. The quantitative estimate of drug-likeness (QED) is 0.582. The van der Waals surface area contributed by atoms with Gasteiger partial charge in [0.2, 0.25) is 0 Å². The van der Waals surface area contributed by atoms with Gasteiger partial charge in [-0.1, -0.05) is 0 Å². The second kappa shape index (κ2) is 10.2. The van der Waals surface area contributed by atoms with Crippen molar-refractivity contribution in [1.82, 2.24) is 25.2 Å². The third-order valence-electron chi connectivity index (χ3n) is 7.78. The zero-order valence-electron chi connectivity index (χ0n) is 21.6. The van der Waals surface area contributed by atoms with E-state index in [-0.39, 0.29) is 12.2 Å². The summed E-state index contributed by atoms with van der Waals surface area (Å²) in [6.45, 7) is 11.7. The van der Waals surface area contributed by atoms with E-state index in [0.717, 1.165) is 75.8 Å². The number of pyridine rings is 1. The Morgan fingerprint density at radius 1 is 1.00 bits per heavy atom. The van der Waals surface area contributed by atoms with Crippen LogP contribution in [0.25, 0.3) is 11.0 Å². The first kappa shape index (κ1) is 24.0. The van der Waals surface area contributed by atoms with E-state index in [1.54, 1.807) is 12.4 Å². The van der Waals surface area contributed by atoms with E-state index in [0.29, 0.717) is 17.1 Å². The summed E-state index contributed by atoms with van der Waals surface area (Å²) in [6.07, 6.45) is 6.68.